The van der Waals surface area contributed by atoms with Crippen molar-refractivity contribution in [1.82, 2.24) is 5.32 Å². The summed E-state index contributed by atoms with van der Waals surface area (Å²) in [6.45, 7) is 2.11. The molecule has 0 aliphatic heterocycles. The van der Waals surface area contributed by atoms with Crippen molar-refractivity contribution < 1.29 is 9.59 Å². The summed E-state index contributed by atoms with van der Waals surface area (Å²) >= 11 is 6.09. The number of hydrogen-bond donors (Lipinski definition) is 2. The number of carbonyl (C=O) groups is 2. The van der Waals surface area contributed by atoms with Gasteiger partial charge in [-0.1, -0.05) is 42.8 Å². The number of benzene rings is 2. The van der Waals surface area contributed by atoms with Crippen molar-refractivity contribution in [2.24, 2.45) is 0 Å². The van der Waals surface area contributed by atoms with Gasteiger partial charge in [0.05, 0.1) is 10.7 Å². The summed E-state index contributed by atoms with van der Waals surface area (Å²) in [5.74, 6) is -0.358. The van der Waals surface area contributed by atoms with E-state index < -0.39 is 0 Å². The summed E-state index contributed by atoms with van der Waals surface area (Å²) in [5, 5.41) is 5.72. The summed E-state index contributed by atoms with van der Waals surface area (Å²) in [6, 6.07) is 13.1. The second-order valence-corrected chi connectivity index (χ2v) is 5.90. The van der Waals surface area contributed by atoms with Gasteiger partial charge in [-0.25, -0.2) is 0 Å². The molecule has 2 N–H and O–H groups in total. The second kappa shape index (κ2) is 8.50. The van der Waals surface area contributed by atoms with Crippen LogP contribution in [0.1, 0.15) is 34.8 Å². The maximum atomic E-state index is 12.1. The van der Waals surface area contributed by atoms with Gasteiger partial charge in [0.1, 0.15) is 0 Å². The average Bonchev–Trinajstić information content (AvgIpc) is 2.61. The number of hydrogen-bond acceptors (Lipinski definition) is 2. The molecule has 24 heavy (non-hydrogen) atoms. The smallest absolute Gasteiger partial charge is 0.251 e. The minimum absolute atomic E-state index is 0.134. The van der Waals surface area contributed by atoms with Crippen LogP contribution in [-0.2, 0) is 17.6 Å². The van der Waals surface area contributed by atoms with Crippen molar-refractivity contribution in [1.29, 1.82) is 0 Å². The minimum atomic E-state index is -0.224. The molecule has 4 nitrogen and oxygen atoms in total. The zero-order chi connectivity index (χ0) is 17.5. The van der Waals surface area contributed by atoms with Crippen LogP contribution in [0.5, 0.6) is 0 Å². The topological polar surface area (TPSA) is 58.2 Å². The lowest BCUT2D eigenvalue weighted by atomic mass is 10.1. The van der Waals surface area contributed by atoms with Crippen molar-refractivity contribution in [2.75, 3.05) is 12.4 Å². The van der Waals surface area contributed by atoms with E-state index in [4.69, 9.17) is 11.6 Å². The van der Waals surface area contributed by atoms with Crippen LogP contribution in [0.25, 0.3) is 0 Å². The van der Waals surface area contributed by atoms with Gasteiger partial charge in [0.15, 0.2) is 0 Å². The normalized spacial score (nSPS) is 10.3. The molecule has 0 fully saturated rings. The first-order valence-electron chi connectivity index (χ1n) is 7.92. The third-order valence-electron chi connectivity index (χ3n) is 3.80. The lowest BCUT2D eigenvalue weighted by Crippen LogP contribution is -2.18. The Hall–Kier alpha value is -2.33. The number of carbonyl (C=O) groups excluding carboxylic acids is 2. The molecule has 2 amide bonds. The largest absolute Gasteiger partial charge is 0.355 e. The molecule has 0 atom stereocenters. The van der Waals surface area contributed by atoms with Gasteiger partial charge in [0.2, 0.25) is 5.91 Å². The van der Waals surface area contributed by atoms with Crippen molar-refractivity contribution in [3.63, 3.8) is 0 Å². The molecule has 0 bridgehead atoms. The monoisotopic (exact) mass is 344 g/mol. The fourth-order valence-corrected chi connectivity index (χ4v) is 2.48. The van der Waals surface area contributed by atoms with E-state index in [-0.39, 0.29) is 11.8 Å². The maximum Gasteiger partial charge on any atom is 0.251 e. The van der Waals surface area contributed by atoms with Crippen LogP contribution in [0, 0.1) is 0 Å². The maximum absolute atomic E-state index is 12.1. The number of amides is 2. The second-order valence-electron chi connectivity index (χ2n) is 5.49. The van der Waals surface area contributed by atoms with Gasteiger partial charge in [-0.15, -0.1) is 0 Å². The lowest BCUT2D eigenvalue weighted by molar-refractivity contribution is -0.116. The molecule has 2 aromatic carbocycles. The van der Waals surface area contributed by atoms with E-state index in [0.717, 1.165) is 12.0 Å². The Morgan fingerprint density at radius 1 is 1.04 bits per heavy atom. The number of anilines is 1. The van der Waals surface area contributed by atoms with Gasteiger partial charge in [-0.05, 0) is 42.2 Å². The lowest BCUT2D eigenvalue weighted by Gasteiger charge is -2.09. The van der Waals surface area contributed by atoms with E-state index in [0.29, 0.717) is 29.1 Å². The highest BCUT2D eigenvalue weighted by Crippen LogP contribution is 2.23. The predicted octanol–water partition coefficient (Wildman–Crippen LogP) is 3.83. The van der Waals surface area contributed by atoms with Crippen molar-refractivity contribution in [2.45, 2.75) is 26.2 Å². The van der Waals surface area contributed by atoms with Gasteiger partial charge in [-0.3, -0.25) is 9.59 Å². The molecule has 0 aromatic heterocycles. The van der Waals surface area contributed by atoms with Crippen LogP contribution < -0.4 is 10.6 Å². The van der Waals surface area contributed by atoms with Gasteiger partial charge in [0.25, 0.3) is 5.91 Å². The molecule has 0 spiro atoms. The molecule has 0 saturated carbocycles. The van der Waals surface area contributed by atoms with Crippen LogP contribution in [0.15, 0.2) is 42.5 Å². The first-order chi connectivity index (χ1) is 11.5. The van der Waals surface area contributed by atoms with Crippen LogP contribution in [0.2, 0.25) is 5.02 Å². The molecule has 0 aliphatic rings. The van der Waals surface area contributed by atoms with E-state index in [1.807, 2.05) is 12.1 Å². The highest BCUT2D eigenvalue weighted by molar-refractivity contribution is 6.33. The summed E-state index contributed by atoms with van der Waals surface area (Å²) in [7, 11) is 1.55. The number of rotatable bonds is 6. The molecule has 0 heterocycles. The Labute approximate surface area is 147 Å². The molecule has 0 saturated heterocycles. The van der Waals surface area contributed by atoms with Crippen LogP contribution >= 0.6 is 11.6 Å². The van der Waals surface area contributed by atoms with Gasteiger partial charge < -0.3 is 10.6 Å². The summed E-state index contributed by atoms with van der Waals surface area (Å²) < 4.78 is 0. The standard InChI is InChI=1S/C19H21ClN2O2/c1-3-13-4-6-14(7-5-13)8-11-18(23)22-17-12-15(19(24)21-2)9-10-16(17)20/h4-7,9-10,12H,3,8,11H2,1-2H3,(H,21,24)(H,22,23). The third kappa shape index (κ3) is 4.83. The molecule has 2 rings (SSSR count). The van der Waals surface area contributed by atoms with Crippen LogP contribution in [-0.4, -0.2) is 18.9 Å². The zero-order valence-electron chi connectivity index (χ0n) is 13.9. The average molecular weight is 345 g/mol. The van der Waals surface area contributed by atoms with Gasteiger partial charge in [0, 0.05) is 19.0 Å². The molecule has 126 valence electrons. The molecule has 0 aliphatic carbocycles. The molecular formula is C19H21ClN2O2. The van der Waals surface area contributed by atoms with Crippen molar-refractivity contribution in [3.8, 4) is 0 Å². The summed E-state index contributed by atoms with van der Waals surface area (Å²) in [4.78, 5) is 23.8. The van der Waals surface area contributed by atoms with E-state index in [9.17, 15) is 9.59 Å². The summed E-state index contributed by atoms with van der Waals surface area (Å²) in [6.07, 6.45) is 2.01. The minimum Gasteiger partial charge on any atom is -0.355 e. The Morgan fingerprint density at radius 2 is 1.71 bits per heavy atom. The number of nitrogens with one attached hydrogen (secondary N) is 2. The molecule has 0 radical (unpaired) electrons. The Kier molecular flexibility index (Phi) is 6.38. The van der Waals surface area contributed by atoms with Crippen LogP contribution in [0.4, 0.5) is 5.69 Å². The van der Waals surface area contributed by atoms with E-state index in [2.05, 4.69) is 29.7 Å². The van der Waals surface area contributed by atoms with E-state index in [1.165, 1.54) is 5.56 Å². The highest BCUT2D eigenvalue weighted by atomic mass is 35.5. The predicted molar refractivity (Wildman–Crippen MR) is 97.6 cm³/mol. The fourth-order valence-electron chi connectivity index (χ4n) is 2.32. The van der Waals surface area contributed by atoms with Gasteiger partial charge >= 0.3 is 0 Å². The fraction of sp³-hybridized carbons (Fsp3) is 0.263. The summed E-state index contributed by atoms with van der Waals surface area (Å²) in [5.41, 5.74) is 3.30. The van der Waals surface area contributed by atoms with E-state index in [1.54, 1.807) is 25.2 Å². The first-order valence-corrected chi connectivity index (χ1v) is 8.30. The first kappa shape index (κ1) is 18.0. The van der Waals surface area contributed by atoms with Crippen molar-refractivity contribution in [3.05, 3.63) is 64.2 Å². The molecular weight excluding hydrogens is 324 g/mol. The van der Waals surface area contributed by atoms with E-state index >= 15 is 0 Å². The SMILES string of the molecule is CCc1ccc(CCC(=O)Nc2cc(C(=O)NC)ccc2Cl)cc1. The highest BCUT2D eigenvalue weighted by Gasteiger charge is 2.10. The number of aryl methyl sites for hydroxylation is 2. The van der Waals surface area contributed by atoms with Crippen molar-refractivity contribution >= 4 is 29.1 Å². The zero-order valence-corrected chi connectivity index (χ0v) is 14.6. The molecule has 0 unspecified atom stereocenters. The molecule has 2 aromatic rings. The Balaban J connectivity index is 1.97. The number of halogens is 1. The molecule has 5 heteroatoms. The quantitative estimate of drug-likeness (QED) is 0.836. The Bertz CT molecular complexity index is 727. The third-order valence-corrected chi connectivity index (χ3v) is 4.13. The Morgan fingerprint density at radius 3 is 2.33 bits per heavy atom. The van der Waals surface area contributed by atoms with Gasteiger partial charge in [-0.2, -0.15) is 0 Å². The van der Waals surface area contributed by atoms with Crippen LogP contribution in [0.3, 0.4) is 0 Å².